The number of amides is 1. The number of ketones is 1. The summed E-state index contributed by atoms with van der Waals surface area (Å²) < 4.78 is 18.3. The summed E-state index contributed by atoms with van der Waals surface area (Å²) >= 11 is 0. The monoisotopic (exact) mass is 325 g/mol. The molecular formula is C18H12FNO4. The molecule has 5 nitrogen and oxygen atoms in total. The Balaban J connectivity index is 1.91. The second-order valence-electron chi connectivity index (χ2n) is 5.22. The van der Waals surface area contributed by atoms with Gasteiger partial charge in [-0.3, -0.25) is 9.59 Å². The maximum Gasteiger partial charge on any atom is 0.344 e. The number of carbonyl (C=O) groups excluding carboxylic acids is 2. The van der Waals surface area contributed by atoms with Crippen molar-refractivity contribution in [3.8, 4) is 0 Å². The molecule has 24 heavy (non-hydrogen) atoms. The molecule has 0 unspecified atom stereocenters. The van der Waals surface area contributed by atoms with Crippen LogP contribution in [0.1, 0.15) is 27.8 Å². The second kappa shape index (κ2) is 6.08. The summed E-state index contributed by atoms with van der Waals surface area (Å²) in [4.78, 5) is 35.3. The van der Waals surface area contributed by atoms with Crippen molar-refractivity contribution in [3.05, 3.63) is 76.1 Å². The molecule has 0 aliphatic rings. The highest BCUT2D eigenvalue weighted by molar-refractivity contribution is 6.04. The van der Waals surface area contributed by atoms with Gasteiger partial charge in [0.25, 0.3) is 5.91 Å². The first-order chi connectivity index (χ1) is 11.4. The molecule has 1 heterocycles. The molecule has 6 heteroatoms. The average molecular weight is 325 g/mol. The van der Waals surface area contributed by atoms with E-state index < -0.39 is 17.3 Å². The van der Waals surface area contributed by atoms with E-state index in [0.29, 0.717) is 11.3 Å². The number of hydrogen-bond acceptors (Lipinski definition) is 4. The Morgan fingerprint density at radius 1 is 1.04 bits per heavy atom. The second-order valence-corrected chi connectivity index (χ2v) is 5.22. The molecule has 2 aromatic carbocycles. The number of anilines is 1. The van der Waals surface area contributed by atoms with Crippen molar-refractivity contribution in [1.82, 2.24) is 0 Å². The molecule has 1 amide bonds. The minimum absolute atomic E-state index is 0.0876. The van der Waals surface area contributed by atoms with E-state index in [0.717, 1.165) is 12.1 Å². The average Bonchev–Trinajstić information content (AvgIpc) is 2.54. The van der Waals surface area contributed by atoms with Crippen molar-refractivity contribution < 1.29 is 18.4 Å². The molecule has 120 valence electrons. The van der Waals surface area contributed by atoms with Gasteiger partial charge in [-0.2, -0.15) is 0 Å². The van der Waals surface area contributed by atoms with E-state index in [2.05, 4.69) is 5.32 Å². The number of nitrogens with one attached hydrogen (secondary N) is 1. The van der Waals surface area contributed by atoms with E-state index in [1.807, 2.05) is 0 Å². The molecule has 0 fully saturated rings. The van der Waals surface area contributed by atoms with Crippen LogP contribution in [-0.2, 0) is 0 Å². The van der Waals surface area contributed by atoms with Crippen LogP contribution in [0.2, 0.25) is 0 Å². The summed E-state index contributed by atoms with van der Waals surface area (Å²) in [5.74, 6) is -1.47. The summed E-state index contributed by atoms with van der Waals surface area (Å²) in [5.41, 5.74) is 0.234. The van der Waals surface area contributed by atoms with Crippen LogP contribution in [0.25, 0.3) is 10.8 Å². The Hall–Kier alpha value is -3.28. The van der Waals surface area contributed by atoms with Crippen molar-refractivity contribution in [3.63, 3.8) is 0 Å². The van der Waals surface area contributed by atoms with Gasteiger partial charge in [-0.25, -0.2) is 9.18 Å². The SMILES string of the molecule is CC(=O)c1ccc(NC(=O)c2cc3cc(F)ccc3c(=O)o2)cc1. The number of hydrogen-bond donors (Lipinski definition) is 1. The number of fused-ring (bicyclic) bond motifs is 1. The zero-order valence-electron chi connectivity index (χ0n) is 12.6. The van der Waals surface area contributed by atoms with E-state index in [1.54, 1.807) is 24.3 Å². The molecular weight excluding hydrogens is 313 g/mol. The van der Waals surface area contributed by atoms with Gasteiger partial charge in [-0.15, -0.1) is 0 Å². The van der Waals surface area contributed by atoms with Crippen LogP contribution in [0.4, 0.5) is 10.1 Å². The van der Waals surface area contributed by atoms with E-state index >= 15 is 0 Å². The first kappa shape index (κ1) is 15.6. The molecule has 0 aliphatic carbocycles. The summed E-state index contributed by atoms with van der Waals surface area (Å²) in [7, 11) is 0. The Labute approximate surface area is 135 Å². The van der Waals surface area contributed by atoms with E-state index in [1.165, 1.54) is 19.1 Å². The molecule has 0 saturated carbocycles. The zero-order valence-corrected chi connectivity index (χ0v) is 12.6. The Morgan fingerprint density at radius 2 is 1.75 bits per heavy atom. The first-order valence-electron chi connectivity index (χ1n) is 7.10. The maximum absolute atomic E-state index is 13.3. The molecule has 0 bridgehead atoms. The number of Topliss-reactive ketones (excluding diaryl/α,β-unsaturated/α-hetero) is 1. The minimum atomic E-state index is -0.718. The van der Waals surface area contributed by atoms with Gasteiger partial charge in [0.2, 0.25) is 0 Å². The third-order valence-corrected chi connectivity index (χ3v) is 3.50. The summed E-state index contributed by atoms with van der Waals surface area (Å²) in [6.45, 7) is 1.44. The maximum atomic E-state index is 13.3. The van der Waals surface area contributed by atoms with Gasteiger partial charge < -0.3 is 9.73 Å². The summed E-state index contributed by atoms with van der Waals surface area (Å²) in [5, 5.41) is 3.03. The minimum Gasteiger partial charge on any atom is -0.417 e. The van der Waals surface area contributed by atoms with Crippen LogP contribution in [0.5, 0.6) is 0 Å². The van der Waals surface area contributed by atoms with Gasteiger partial charge in [0, 0.05) is 11.3 Å². The normalized spacial score (nSPS) is 10.6. The van der Waals surface area contributed by atoms with Crippen molar-refractivity contribution in [2.75, 3.05) is 5.32 Å². The molecule has 0 aliphatic heterocycles. The highest BCUT2D eigenvalue weighted by Gasteiger charge is 2.13. The fourth-order valence-corrected chi connectivity index (χ4v) is 2.26. The largest absolute Gasteiger partial charge is 0.417 e. The van der Waals surface area contributed by atoms with Crippen LogP contribution >= 0.6 is 0 Å². The predicted molar refractivity (Wildman–Crippen MR) is 86.8 cm³/mol. The third-order valence-electron chi connectivity index (χ3n) is 3.50. The van der Waals surface area contributed by atoms with Gasteiger partial charge in [0.1, 0.15) is 5.82 Å². The summed E-state index contributed by atoms with van der Waals surface area (Å²) in [6, 6.07) is 11.2. The Kier molecular flexibility index (Phi) is 3.95. The molecule has 0 radical (unpaired) electrons. The van der Waals surface area contributed by atoms with Crippen LogP contribution in [0.15, 0.2) is 57.7 Å². The standard InChI is InChI=1S/C18H12FNO4/c1-10(21)11-2-5-14(6-3-11)20-17(22)16-9-12-8-13(19)4-7-15(12)18(23)24-16/h2-9H,1H3,(H,20,22). The van der Waals surface area contributed by atoms with E-state index in [-0.39, 0.29) is 22.3 Å². The van der Waals surface area contributed by atoms with Gasteiger partial charge in [0.15, 0.2) is 11.5 Å². The van der Waals surface area contributed by atoms with Gasteiger partial charge >= 0.3 is 5.63 Å². The van der Waals surface area contributed by atoms with Gasteiger partial charge in [0.05, 0.1) is 5.39 Å². The molecule has 1 aromatic heterocycles. The van der Waals surface area contributed by atoms with Crippen molar-refractivity contribution in [1.29, 1.82) is 0 Å². The molecule has 1 N–H and O–H groups in total. The Bertz CT molecular complexity index is 1010. The lowest BCUT2D eigenvalue weighted by Gasteiger charge is -2.06. The quantitative estimate of drug-likeness (QED) is 0.749. The third kappa shape index (κ3) is 3.08. The van der Waals surface area contributed by atoms with Gasteiger partial charge in [-0.1, -0.05) is 0 Å². The fraction of sp³-hybridized carbons (Fsp3) is 0.0556. The highest BCUT2D eigenvalue weighted by atomic mass is 19.1. The van der Waals surface area contributed by atoms with E-state index in [4.69, 9.17) is 4.42 Å². The highest BCUT2D eigenvalue weighted by Crippen LogP contribution is 2.16. The van der Waals surface area contributed by atoms with E-state index in [9.17, 15) is 18.8 Å². The number of carbonyl (C=O) groups is 2. The van der Waals surface area contributed by atoms with Crippen LogP contribution in [0, 0.1) is 5.82 Å². The number of halogens is 1. The fourth-order valence-electron chi connectivity index (χ4n) is 2.26. The van der Waals surface area contributed by atoms with Crippen molar-refractivity contribution in [2.24, 2.45) is 0 Å². The Morgan fingerprint density at radius 3 is 2.42 bits per heavy atom. The van der Waals surface area contributed by atoms with Crippen LogP contribution < -0.4 is 10.9 Å². The van der Waals surface area contributed by atoms with Crippen LogP contribution in [0.3, 0.4) is 0 Å². The molecule has 0 spiro atoms. The molecule has 0 atom stereocenters. The number of benzene rings is 2. The lowest BCUT2D eigenvalue weighted by atomic mass is 10.1. The van der Waals surface area contributed by atoms with Crippen molar-refractivity contribution >= 4 is 28.2 Å². The van der Waals surface area contributed by atoms with Crippen molar-refractivity contribution in [2.45, 2.75) is 6.92 Å². The predicted octanol–water partition coefficient (Wildman–Crippen LogP) is 3.39. The topological polar surface area (TPSA) is 76.4 Å². The first-order valence-corrected chi connectivity index (χ1v) is 7.10. The lowest BCUT2D eigenvalue weighted by molar-refractivity contribution is 0.0991. The molecule has 0 saturated heterocycles. The van der Waals surface area contributed by atoms with Crippen LogP contribution in [-0.4, -0.2) is 11.7 Å². The molecule has 3 rings (SSSR count). The lowest BCUT2D eigenvalue weighted by Crippen LogP contribution is -2.15. The molecule has 3 aromatic rings. The smallest absolute Gasteiger partial charge is 0.344 e. The summed E-state index contributed by atoms with van der Waals surface area (Å²) in [6.07, 6.45) is 0. The zero-order chi connectivity index (χ0) is 17.3. The van der Waals surface area contributed by atoms with Gasteiger partial charge in [-0.05, 0) is 60.8 Å². The number of rotatable bonds is 3.